The molecule has 0 radical (unpaired) electrons. The van der Waals surface area contributed by atoms with Gasteiger partial charge in [0, 0.05) is 50.4 Å². The van der Waals surface area contributed by atoms with Crippen LogP contribution in [0.3, 0.4) is 0 Å². The lowest BCUT2D eigenvalue weighted by molar-refractivity contribution is 0.0618. The summed E-state index contributed by atoms with van der Waals surface area (Å²) in [6.07, 6.45) is 0.826. The lowest BCUT2D eigenvalue weighted by Gasteiger charge is -2.34. The van der Waals surface area contributed by atoms with Crippen LogP contribution in [0.25, 0.3) is 5.13 Å². The summed E-state index contributed by atoms with van der Waals surface area (Å²) in [5.74, 6) is 0.0379. The van der Waals surface area contributed by atoms with E-state index in [4.69, 9.17) is 15.2 Å². The van der Waals surface area contributed by atoms with E-state index in [9.17, 15) is 4.79 Å². The fourth-order valence-electron chi connectivity index (χ4n) is 4.05. The number of hydrogen-bond donors (Lipinski definition) is 1. The Bertz CT molecular complexity index is 1060. The molecule has 0 saturated carbocycles. The number of aliphatic hydroxyl groups is 1. The minimum atomic E-state index is 0. The predicted molar refractivity (Wildman–Crippen MR) is 129 cm³/mol. The number of rotatable bonds is 6. The highest BCUT2D eigenvalue weighted by molar-refractivity contribution is 7.16. The minimum absolute atomic E-state index is 0. The number of amides is 1. The zero-order chi connectivity index (χ0) is 22.0. The average molecular weight is 476 g/mol. The molecule has 0 spiro atoms. The first kappa shape index (κ1) is 24.4. The molecule has 3 aromatic rings. The molecule has 0 atom stereocenters. The molecular formula is C23H30ClN5O2S. The van der Waals surface area contributed by atoms with Gasteiger partial charge in [-0.25, -0.2) is 9.67 Å². The van der Waals surface area contributed by atoms with Crippen molar-refractivity contribution in [2.75, 3.05) is 39.3 Å². The van der Waals surface area contributed by atoms with Crippen LogP contribution in [0.15, 0.2) is 30.3 Å². The van der Waals surface area contributed by atoms with E-state index in [1.165, 1.54) is 22.5 Å². The Morgan fingerprint density at radius 1 is 1.06 bits per heavy atom. The smallest absolute Gasteiger partial charge is 0.266 e. The summed E-state index contributed by atoms with van der Waals surface area (Å²) in [5.41, 5.74) is 5.25. The number of β-amino-alcohol motifs (C(OH)–C–C–N with tert-alkyl or cyclic N) is 1. The van der Waals surface area contributed by atoms with Crippen LogP contribution in [0.4, 0.5) is 0 Å². The highest BCUT2D eigenvalue weighted by Gasteiger charge is 2.26. The summed E-state index contributed by atoms with van der Waals surface area (Å²) < 4.78 is 1.88. The van der Waals surface area contributed by atoms with Gasteiger partial charge in [-0.1, -0.05) is 41.7 Å². The highest BCUT2D eigenvalue weighted by atomic mass is 35.5. The number of aryl methyl sites for hydroxylation is 2. The molecule has 0 unspecified atom stereocenters. The molecule has 9 heteroatoms. The number of carbonyl (C=O) groups is 1. The van der Waals surface area contributed by atoms with E-state index >= 15 is 0 Å². The van der Waals surface area contributed by atoms with Crippen molar-refractivity contribution in [2.45, 2.75) is 27.2 Å². The number of benzene rings is 1. The summed E-state index contributed by atoms with van der Waals surface area (Å²) in [6.45, 7) is 9.73. The topological polar surface area (TPSA) is 74.5 Å². The van der Waals surface area contributed by atoms with Gasteiger partial charge in [0.05, 0.1) is 18.0 Å². The van der Waals surface area contributed by atoms with E-state index in [1.54, 1.807) is 0 Å². The number of aromatic nitrogens is 3. The maximum Gasteiger partial charge on any atom is 0.266 e. The van der Waals surface area contributed by atoms with Gasteiger partial charge in [0.1, 0.15) is 4.88 Å². The second-order valence-corrected chi connectivity index (χ2v) is 8.97. The van der Waals surface area contributed by atoms with Crippen LogP contribution in [0.2, 0.25) is 0 Å². The molecule has 1 aliphatic heterocycles. The fourth-order valence-corrected chi connectivity index (χ4v) is 5.09. The predicted octanol–water partition coefficient (Wildman–Crippen LogP) is 3.02. The number of hydrogen-bond acceptors (Lipinski definition) is 6. The van der Waals surface area contributed by atoms with Crippen molar-refractivity contribution < 1.29 is 9.90 Å². The van der Waals surface area contributed by atoms with Crippen LogP contribution in [0.5, 0.6) is 0 Å². The number of piperazine rings is 1. The van der Waals surface area contributed by atoms with Gasteiger partial charge in [-0.3, -0.25) is 9.69 Å². The second-order valence-electron chi connectivity index (χ2n) is 7.99. The minimum Gasteiger partial charge on any atom is -0.395 e. The Morgan fingerprint density at radius 2 is 1.75 bits per heavy atom. The third-order valence-corrected chi connectivity index (χ3v) is 7.02. The number of halogens is 1. The molecule has 1 saturated heterocycles. The molecule has 2 aromatic heterocycles. The van der Waals surface area contributed by atoms with Crippen molar-refractivity contribution in [1.82, 2.24) is 24.6 Å². The Hall–Kier alpha value is -2.26. The van der Waals surface area contributed by atoms with Crippen LogP contribution >= 0.6 is 23.7 Å². The Labute approximate surface area is 199 Å². The Kier molecular flexibility index (Phi) is 8.05. The molecule has 4 rings (SSSR count). The summed E-state index contributed by atoms with van der Waals surface area (Å²) >= 11 is 1.41. The Balaban J connectivity index is 0.00000289. The van der Waals surface area contributed by atoms with Gasteiger partial charge in [-0.05, 0) is 26.3 Å². The first-order chi connectivity index (χ1) is 15.0. The summed E-state index contributed by atoms with van der Waals surface area (Å²) in [5, 5.41) is 14.6. The second kappa shape index (κ2) is 10.6. The maximum atomic E-state index is 13.1. The summed E-state index contributed by atoms with van der Waals surface area (Å²) in [6, 6.07) is 10.4. The van der Waals surface area contributed by atoms with Crippen molar-refractivity contribution in [2.24, 2.45) is 0 Å². The highest BCUT2D eigenvalue weighted by Crippen LogP contribution is 2.27. The molecule has 32 heavy (non-hydrogen) atoms. The van der Waals surface area contributed by atoms with E-state index in [2.05, 4.69) is 36.1 Å². The van der Waals surface area contributed by atoms with Gasteiger partial charge < -0.3 is 10.0 Å². The van der Waals surface area contributed by atoms with Crippen LogP contribution in [0, 0.1) is 20.8 Å². The third kappa shape index (κ3) is 5.04. The van der Waals surface area contributed by atoms with E-state index < -0.39 is 0 Å². The molecule has 172 valence electrons. The van der Waals surface area contributed by atoms with E-state index in [1.807, 2.05) is 29.5 Å². The van der Waals surface area contributed by atoms with Gasteiger partial charge in [-0.2, -0.15) is 5.10 Å². The normalized spacial score (nSPS) is 14.4. The molecule has 1 fully saturated rings. The van der Waals surface area contributed by atoms with Gasteiger partial charge in [0.15, 0.2) is 0 Å². The van der Waals surface area contributed by atoms with Crippen LogP contribution in [-0.4, -0.2) is 74.9 Å². The first-order valence-electron chi connectivity index (χ1n) is 10.7. The van der Waals surface area contributed by atoms with Crippen LogP contribution in [0.1, 0.15) is 37.9 Å². The molecule has 1 amide bonds. The fraction of sp³-hybridized carbons (Fsp3) is 0.435. The molecular weight excluding hydrogens is 446 g/mol. The Morgan fingerprint density at radius 3 is 2.41 bits per heavy atom. The SMILES string of the molecule is Cc1nc(-n2nc(C)c(Cc3ccccc3)c2C)sc1C(=O)N1CCN(CCO)CC1.Cl. The van der Waals surface area contributed by atoms with Crippen molar-refractivity contribution in [3.05, 3.63) is 63.4 Å². The standard InChI is InChI=1S/C23H29N5O2S.ClH/c1-16-20(15-19-7-5-4-6-8-19)18(3)28(25-16)23-24-17(2)21(31-23)22(30)27-11-9-26(10-12-27)13-14-29;/h4-8,29H,9-15H2,1-3H3;1H. The third-order valence-electron chi connectivity index (χ3n) is 5.90. The molecule has 1 aromatic carbocycles. The van der Waals surface area contributed by atoms with E-state index in [0.717, 1.165) is 41.7 Å². The van der Waals surface area contributed by atoms with Crippen molar-refractivity contribution in [1.29, 1.82) is 0 Å². The number of aliphatic hydroxyl groups excluding tert-OH is 1. The zero-order valence-corrected chi connectivity index (χ0v) is 20.4. The lowest BCUT2D eigenvalue weighted by Crippen LogP contribution is -2.49. The van der Waals surface area contributed by atoms with E-state index in [0.29, 0.717) is 24.5 Å². The molecule has 0 aliphatic carbocycles. The molecule has 1 aliphatic rings. The number of carbonyl (C=O) groups excluding carboxylic acids is 1. The maximum absolute atomic E-state index is 13.1. The number of nitrogens with zero attached hydrogens (tertiary/aromatic N) is 5. The summed E-state index contributed by atoms with van der Waals surface area (Å²) in [7, 11) is 0. The van der Waals surface area contributed by atoms with Crippen LogP contribution < -0.4 is 0 Å². The average Bonchev–Trinajstić information content (AvgIpc) is 3.29. The van der Waals surface area contributed by atoms with Gasteiger partial charge >= 0.3 is 0 Å². The largest absolute Gasteiger partial charge is 0.395 e. The van der Waals surface area contributed by atoms with Crippen molar-refractivity contribution >= 4 is 29.7 Å². The molecule has 1 N–H and O–H groups in total. The lowest BCUT2D eigenvalue weighted by atomic mass is 10.0. The van der Waals surface area contributed by atoms with Gasteiger partial charge in [0.25, 0.3) is 5.91 Å². The monoisotopic (exact) mass is 475 g/mol. The van der Waals surface area contributed by atoms with Gasteiger partial charge in [0.2, 0.25) is 5.13 Å². The van der Waals surface area contributed by atoms with E-state index in [-0.39, 0.29) is 24.9 Å². The number of thiazole rings is 1. The van der Waals surface area contributed by atoms with Gasteiger partial charge in [-0.15, -0.1) is 12.4 Å². The summed E-state index contributed by atoms with van der Waals surface area (Å²) in [4.78, 5) is 22.6. The molecule has 7 nitrogen and oxygen atoms in total. The van der Waals surface area contributed by atoms with Crippen LogP contribution in [-0.2, 0) is 6.42 Å². The molecule has 0 bridgehead atoms. The molecule has 3 heterocycles. The van der Waals surface area contributed by atoms with Crippen molar-refractivity contribution in [3.63, 3.8) is 0 Å². The first-order valence-corrected chi connectivity index (χ1v) is 11.5. The zero-order valence-electron chi connectivity index (χ0n) is 18.7. The van der Waals surface area contributed by atoms with Crippen molar-refractivity contribution in [3.8, 4) is 5.13 Å². The quantitative estimate of drug-likeness (QED) is 0.593.